The van der Waals surface area contributed by atoms with Crippen molar-refractivity contribution in [3.63, 3.8) is 0 Å². The second-order valence-corrected chi connectivity index (χ2v) is 5.15. The van der Waals surface area contributed by atoms with Gasteiger partial charge in [0.05, 0.1) is 10.5 Å². The fraction of sp³-hybridized carbons (Fsp3) is 0. The molecule has 3 nitrogen and oxygen atoms in total. The summed E-state index contributed by atoms with van der Waals surface area (Å²) in [6, 6.07) is 14.4. The van der Waals surface area contributed by atoms with E-state index < -0.39 is 0 Å². The van der Waals surface area contributed by atoms with Gasteiger partial charge in [0.1, 0.15) is 17.4 Å². The molecule has 0 bridgehead atoms. The number of ether oxygens (including phenoxy) is 1. The number of nitriles is 1. The lowest BCUT2D eigenvalue weighted by Crippen LogP contribution is -1.93. The van der Waals surface area contributed by atoms with Gasteiger partial charge in [0, 0.05) is 22.7 Å². The van der Waals surface area contributed by atoms with Crippen molar-refractivity contribution in [1.29, 1.82) is 5.26 Å². The summed E-state index contributed by atoms with van der Waals surface area (Å²) in [6.45, 7) is 0. The quantitative estimate of drug-likeness (QED) is 0.652. The first-order chi connectivity index (χ1) is 10.2. The summed E-state index contributed by atoms with van der Waals surface area (Å²) >= 11 is 12.1. The molecule has 0 saturated heterocycles. The van der Waals surface area contributed by atoms with Crippen LogP contribution < -0.4 is 4.74 Å². The van der Waals surface area contributed by atoms with Crippen molar-refractivity contribution >= 4 is 34.1 Å². The fourth-order valence-corrected chi connectivity index (χ4v) is 2.29. The first-order valence-electron chi connectivity index (χ1n) is 6.10. The molecule has 3 aromatic rings. The Morgan fingerprint density at radius 2 is 1.90 bits per heavy atom. The third kappa shape index (κ3) is 2.64. The van der Waals surface area contributed by atoms with Gasteiger partial charge in [-0.15, -0.1) is 0 Å². The summed E-state index contributed by atoms with van der Waals surface area (Å²) in [4.78, 5) is 4.23. The molecule has 0 aliphatic carbocycles. The Morgan fingerprint density at radius 1 is 1.10 bits per heavy atom. The van der Waals surface area contributed by atoms with Crippen LogP contribution in [0.4, 0.5) is 0 Å². The maximum Gasteiger partial charge on any atom is 0.156 e. The average molecular weight is 315 g/mol. The Bertz CT molecular complexity index is 872. The van der Waals surface area contributed by atoms with Crippen LogP contribution in [0.15, 0.2) is 48.7 Å². The first-order valence-corrected chi connectivity index (χ1v) is 6.85. The predicted molar refractivity (Wildman–Crippen MR) is 83.0 cm³/mol. The zero-order valence-electron chi connectivity index (χ0n) is 10.7. The predicted octanol–water partition coefficient (Wildman–Crippen LogP) is 5.21. The van der Waals surface area contributed by atoms with Crippen LogP contribution in [-0.2, 0) is 0 Å². The molecule has 0 aliphatic heterocycles. The second kappa shape index (κ2) is 5.61. The number of halogens is 2. The number of benzene rings is 2. The number of rotatable bonds is 2. The molecule has 0 atom stereocenters. The van der Waals surface area contributed by atoms with E-state index >= 15 is 0 Å². The Hall–Kier alpha value is -2.28. The Kier molecular flexibility index (Phi) is 3.66. The van der Waals surface area contributed by atoms with Crippen molar-refractivity contribution in [3.8, 4) is 17.6 Å². The van der Waals surface area contributed by atoms with Gasteiger partial charge in [-0.05, 0) is 24.3 Å². The molecule has 102 valence electrons. The lowest BCUT2D eigenvalue weighted by atomic mass is 10.1. The lowest BCUT2D eigenvalue weighted by Gasteiger charge is -2.11. The van der Waals surface area contributed by atoms with Crippen molar-refractivity contribution in [1.82, 2.24) is 4.98 Å². The highest BCUT2D eigenvalue weighted by Gasteiger charge is 2.13. The normalized spacial score (nSPS) is 10.3. The van der Waals surface area contributed by atoms with Crippen LogP contribution in [-0.4, -0.2) is 4.98 Å². The maximum atomic E-state index is 9.25. The molecule has 5 heteroatoms. The highest BCUT2D eigenvalue weighted by atomic mass is 35.5. The molecular formula is C16H8Cl2N2O. The topological polar surface area (TPSA) is 45.9 Å². The summed E-state index contributed by atoms with van der Waals surface area (Å²) in [5.74, 6) is 0.823. The van der Waals surface area contributed by atoms with Crippen molar-refractivity contribution in [2.45, 2.75) is 0 Å². The minimum atomic E-state index is 0.338. The highest BCUT2D eigenvalue weighted by molar-refractivity contribution is 6.34. The van der Waals surface area contributed by atoms with Gasteiger partial charge in [0.25, 0.3) is 0 Å². The van der Waals surface area contributed by atoms with Gasteiger partial charge in [0.2, 0.25) is 0 Å². The monoisotopic (exact) mass is 314 g/mol. The number of para-hydroxylation sites is 1. The van der Waals surface area contributed by atoms with E-state index in [1.165, 1.54) is 6.20 Å². The molecule has 0 radical (unpaired) electrons. The van der Waals surface area contributed by atoms with Crippen LogP contribution in [0.25, 0.3) is 10.9 Å². The van der Waals surface area contributed by atoms with Gasteiger partial charge in [-0.3, -0.25) is 4.98 Å². The molecule has 0 N–H and O–H groups in total. The van der Waals surface area contributed by atoms with Gasteiger partial charge in [-0.1, -0.05) is 35.3 Å². The van der Waals surface area contributed by atoms with Crippen LogP contribution >= 0.6 is 23.2 Å². The van der Waals surface area contributed by atoms with E-state index in [9.17, 15) is 5.26 Å². The number of pyridine rings is 1. The summed E-state index contributed by atoms with van der Waals surface area (Å²) < 4.78 is 5.85. The zero-order chi connectivity index (χ0) is 14.8. The molecule has 0 amide bonds. The molecule has 0 fully saturated rings. The van der Waals surface area contributed by atoms with Gasteiger partial charge < -0.3 is 4.74 Å². The van der Waals surface area contributed by atoms with Crippen molar-refractivity contribution in [3.05, 3.63) is 64.3 Å². The van der Waals surface area contributed by atoms with E-state index in [1.54, 1.807) is 18.2 Å². The lowest BCUT2D eigenvalue weighted by molar-refractivity contribution is 0.486. The average Bonchev–Trinajstić information content (AvgIpc) is 2.51. The Balaban J connectivity index is 2.19. The zero-order valence-corrected chi connectivity index (χ0v) is 12.2. The van der Waals surface area contributed by atoms with Crippen LogP contribution in [0.1, 0.15) is 5.56 Å². The second-order valence-electron chi connectivity index (χ2n) is 4.31. The third-order valence-electron chi connectivity index (χ3n) is 2.95. The molecule has 0 saturated carbocycles. The molecule has 0 spiro atoms. The van der Waals surface area contributed by atoms with Gasteiger partial charge in [-0.25, -0.2) is 0 Å². The summed E-state index contributed by atoms with van der Waals surface area (Å²) in [7, 11) is 0. The molecule has 2 aromatic carbocycles. The van der Waals surface area contributed by atoms with Crippen LogP contribution in [0.5, 0.6) is 11.5 Å². The number of aromatic nitrogens is 1. The van der Waals surface area contributed by atoms with Crippen molar-refractivity contribution in [2.24, 2.45) is 0 Å². The van der Waals surface area contributed by atoms with Crippen molar-refractivity contribution in [2.75, 3.05) is 0 Å². The largest absolute Gasteiger partial charge is 0.454 e. The first kappa shape index (κ1) is 13.7. The molecular weight excluding hydrogens is 307 g/mol. The maximum absolute atomic E-state index is 9.25. The molecule has 1 aromatic heterocycles. The third-order valence-corrected chi connectivity index (χ3v) is 3.50. The van der Waals surface area contributed by atoms with Gasteiger partial charge >= 0.3 is 0 Å². The van der Waals surface area contributed by atoms with E-state index in [-0.39, 0.29) is 0 Å². The molecule has 0 aliphatic rings. The molecule has 0 unspecified atom stereocenters. The standard InChI is InChI=1S/C16H8Cl2N2O/c17-11-5-6-13(18)15(7-11)21-16-10(8-19)9-20-14-4-2-1-3-12(14)16/h1-7,9H. The van der Waals surface area contributed by atoms with E-state index in [0.717, 1.165) is 10.9 Å². The minimum Gasteiger partial charge on any atom is -0.454 e. The Labute approximate surface area is 131 Å². The van der Waals surface area contributed by atoms with E-state index in [2.05, 4.69) is 11.1 Å². The summed E-state index contributed by atoms with van der Waals surface area (Å²) in [6.07, 6.45) is 1.48. The summed E-state index contributed by atoms with van der Waals surface area (Å²) in [5, 5.41) is 10.9. The highest BCUT2D eigenvalue weighted by Crippen LogP contribution is 2.36. The number of hydrogen-bond donors (Lipinski definition) is 0. The number of hydrogen-bond acceptors (Lipinski definition) is 3. The molecule has 3 rings (SSSR count). The van der Waals surface area contributed by atoms with E-state index in [1.807, 2.05) is 24.3 Å². The van der Waals surface area contributed by atoms with Gasteiger partial charge in [-0.2, -0.15) is 5.26 Å². The SMILES string of the molecule is N#Cc1cnc2ccccc2c1Oc1cc(Cl)ccc1Cl. The van der Waals surface area contributed by atoms with Crippen molar-refractivity contribution < 1.29 is 4.74 Å². The number of nitrogens with zero attached hydrogens (tertiary/aromatic N) is 2. The molecule has 21 heavy (non-hydrogen) atoms. The smallest absolute Gasteiger partial charge is 0.156 e. The van der Waals surface area contributed by atoms with E-state index in [4.69, 9.17) is 27.9 Å². The Morgan fingerprint density at radius 3 is 2.71 bits per heavy atom. The fourth-order valence-electron chi connectivity index (χ4n) is 1.97. The van der Waals surface area contributed by atoms with Crippen LogP contribution in [0.3, 0.4) is 0 Å². The van der Waals surface area contributed by atoms with Crippen LogP contribution in [0, 0.1) is 11.3 Å². The van der Waals surface area contributed by atoms with Gasteiger partial charge in [0.15, 0.2) is 5.75 Å². The molecule has 1 heterocycles. The van der Waals surface area contributed by atoms with Crippen LogP contribution in [0.2, 0.25) is 10.0 Å². The minimum absolute atomic E-state index is 0.338. The van der Waals surface area contributed by atoms with E-state index in [0.29, 0.717) is 27.1 Å². The summed E-state index contributed by atoms with van der Waals surface area (Å²) in [5.41, 5.74) is 1.08. The number of fused-ring (bicyclic) bond motifs is 1.